The molecule has 4 unspecified atom stereocenters. The predicted octanol–water partition coefficient (Wildman–Crippen LogP) is 12.0. The predicted molar refractivity (Wildman–Crippen MR) is 218 cm³/mol. The Morgan fingerprint density at radius 2 is 1.08 bits per heavy atom. The molecule has 7 nitrogen and oxygen atoms in total. The van der Waals surface area contributed by atoms with Gasteiger partial charge < -0.3 is 23.8 Å². The van der Waals surface area contributed by atoms with Crippen molar-refractivity contribution in [3.63, 3.8) is 0 Å². The maximum Gasteiger partial charge on any atom is 0.307 e. The van der Waals surface area contributed by atoms with E-state index in [0.717, 1.165) is 38.7 Å². The summed E-state index contributed by atoms with van der Waals surface area (Å²) in [5.74, 6) is 0.0687. The van der Waals surface area contributed by atoms with Gasteiger partial charge in [-0.3, -0.25) is 9.59 Å². The Balaban J connectivity index is 2.36. The van der Waals surface area contributed by atoms with E-state index in [2.05, 4.69) is 20.8 Å². The van der Waals surface area contributed by atoms with E-state index >= 15 is 0 Å². The summed E-state index contributed by atoms with van der Waals surface area (Å²) < 4.78 is 24.0. The van der Waals surface area contributed by atoms with Gasteiger partial charge >= 0.3 is 11.9 Å². The van der Waals surface area contributed by atoms with E-state index in [9.17, 15) is 9.59 Å². The molecule has 0 bridgehead atoms. The molecular formula is C45H87NO6. The fraction of sp³-hybridized carbons (Fsp3) is 0.956. The van der Waals surface area contributed by atoms with Gasteiger partial charge in [-0.2, -0.15) is 0 Å². The van der Waals surface area contributed by atoms with Crippen LogP contribution in [-0.4, -0.2) is 76.1 Å². The Bertz CT molecular complexity index is 807. The molecule has 0 aromatic heterocycles. The molecular weight excluding hydrogens is 650 g/mol. The highest BCUT2D eigenvalue weighted by molar-refractivity contribution is 5.70. The lowest BCUT2D eigenvalue weighted by atomic mass is 9.89. The molecule has 0 amide bonds. The Kier molecular flexibility index (Phi) is 33.4. The van der Waals surface area contributed by atoms with Gasteiger partial charge in [0.25, 0.3) is 0 Å². The minimum atomic E-state index is -0.232. The van der Waals surface area contributed by atoms with E-state index in [4.69, 9.17) is 18.9 Å². The van der Waals surface area contributed by atoms with Gasteiger partial charge in [-0.25, -0.2) is 0 Å². The molecule has 308 valence electrons. The molecule has 0 spiro atoms. The summed E-state index contributed by atoms with van der Waals surface area (Å²) in [6, 6.07) is 0. The number of carbonyl (C=O) groups is 2. The largest absolute Gasteiger partial charge is 0.463 e. The highest BCUT2D eigenvalue weighted by Crippen LogP contribution is 2.39. The van der Waals surface area contributed by atoms with Crippen molar-refractivity contribution >= 4 is 11.9 Å². The van der Waals surface area contributed by atoms with Crippen molar-refractivity contribution in [2.45, 2.75) is 219 Å². The van der Waals surface area contributed by atoms with Gasteiger partial charge in [-0.15, -0.1) is 0 Å². The molecule has 1 aliphatic carbocycles. The minimum absolute atomic E-state index is 0.0992. The first-order valence-electron chi connectivity index (χ1n) is 22.6. The summed E-state index contributed by atoms with van der Waals surface area (Å²) in [6.07, 6.45) is 34.8. The lowest BCUT2D eigenvalue weighted by Gasteiger charge is -2.24. The van der Waals surface area contributed by atoms with E-state index in [1.807, 2.05) is 19.0 Å². The van der Waals surface area contributed by atoms with Crippen LogP contribution in [0, 0.1) is 11.8 Å². The van der Waals surface area contributed by atoms with Crippen LogP contribution in [0.15, 0.2) is 0 Å². The molecule has 7 heteroatoms. The zero-order valence-electron chi connectivity index (χ0n) is 35.2. The summed E-state index contributed by atoms with van der Waals surface area (Å²) in [4.78, 5) is 27.4. The van der Waals surface area contributed by atoms with Crippen LogP contribution in [0.5, 0.6) is 0 Å². The van der Waals surface area contributed by atoms with Crippen LogP contribution >= 0.6 is 0 Å². The molecule has 0 heterocycles. The maximum absolute atomic E-state index is 13.0. The second-order valence-electron chi connectivity index (χ2n) is 16.2. The van der Waals surface area contributed by atoms with E-state index in [1.165, 1.54) is 141 Å². The Morgan fingerprint density at radius 3 is 1.56 bits per heavy atom. The zero-order chi connectivity index (χ0) is 37.9. The Labute approximate surface area is 322 Å². The van der Waals surface area contributed by atoms with E-state index in [1.54, 1.807) is 0 Å². The number of rotatable bonds is 38. The summed E-state index contributed by atoms with van der Waals surface area (Å²) in [5.41, 5.74) is 0. The number of ether oxygens (including phenoxy) is 4. The van der Waals surface area contributed by atoms with Gasteiger partial charge in [0, 0.05) is 26.2 Å². The number of unbranched alkanes of at least 4 members (excludes halogenated alkanes) is 22. The van der Waals surface area contributed by atoms with Crippen LogP contribution in [0.3, 0.4) is 0 Å². The molecule has 0 saturated heterocycles. The maximum atomic E-state index is 13.0. The Hall–Kier alpha value is -1.18. The zero-order valence-corrected chi connectivity index (χ0v) is 35.2. The smallest absolute Gasteiger partial charge is 0.307 e. The van der Waals surface area contributed by atoms with Gasteiger partial charge in [0.05, 0.1) is 13.0 Å². The molecule has 0 aromatic rings. The first-order chi connectivity index (χ1) is 25.4. The van der Waals surface area contributed by atoms with Crippen LogP contribution in [-0.2, 0) is 28.5 Å². The molecule has 1 fully saturated rings. The van der Waals surface area contributed by atoms with Crippen LogP contribution in [0.1, 0.15) is 207 Å². The van der Waals surface area contributed by atoms with Crippen LogP contribution in [0.25, 0.3) is 0 Å². The molecule has 1 saturated carbocycles. The van der Waals surface area contributed by atoms with Gasteiger partial charge in [0.15, 0.2) is 0 Å². The van der Waals surface area contributed by atoms with Crippen LogP contribution in [0.2, 0.25) is 0 Å². The second-order valence-corrected chi connectivity index (χ2v) is 16.2. The van der Waals surface area contributed by atoms with Gasteiger partial charge in [0.1, 0.15) is 18.8 Å². The van der Waals surface area contributed by atoms with E-state index in [-0.39, 0.29) is 42.6 Å². The fourth-order valence-electron chi connectivity index (χ4n) is 7.70. The van der Waals surface area contributed by atoms with Crippen LogP contribution in [0.4, 0.5) is 0 Å². The molecule has 0 aliphatic heterocycles. The van der Waals surface area contributed by atoms with Crippen molar-refractivity contribution in [3.05, 3.63) is 0 Å². The van der Waals surface area contributed by atoms with Gasteiger partial charge in [-0.1, -0.05) is 162 Å². The highest BCUT2D eigenvalue weighted by Gasteiger charge is 2.38. The van der Waals surface area contributed by atoms with Crippen molar-refractivity contribution < 1.29 is 28.5 Å². The third kappa shape index (κ3) is 28.3. The lowest BCUT2D eigenvalue weighted by Crippen LogP contribution is -2.30. The van der Waals surface area contributed by atoms with Gasteiger partial charge in [0.2, 0.25) is 0 Å². The summed E-state index contributed by atoms with van der Waals surface area (Å²) in [6.45, 7) is 9.49. The van der Waals surface area contributed by atoms with Crippen molar-refractivity contribution in [3.8, 4) is 0 Å². The summed E-state index contributed by atoms with van der Waals surface area (Å²) in [7, 11) is 3.92. The first kappa shape index (κ1) is 48.8. The minimum Gasteiger partial charge on any atom is -0.463 e. The number of esters is 2. The summed E-state index contributed by atoms with van der Waals surface area (Å²) in [5, 5.41) is 0. The third-order valence-electron chi connectivity index (χ3n) is 11.1. The molecule has 1 rings (SSSR count). The third-order valence-corrected chi connectivity index (χ3v) is 11.1. The van der Waals surface area contributed by atoms with Crippen molar-refractivity contribution in [2.75, 3.05) is 47.1 Å². The van der Waals surface area contributed by atoms with Gasteiger partial charge in [-0.05, 0) is 58.0 Å². The highest BCUT2D eigenvalue weighted by atomic mass is 16.6. The SMILES string of the molecule is CCCCCCCCCCCCCCOCC(COC(=O)CC1CCC(OC(=O)CCN(C)C)C1CC)OCCCCCCCCCCCCCC. The average molecular weight is 738 g/mol. The lowest BCUT2D eigenvalue weighted by molar-refractivity contribution is -0.152. The van der Waals surface area contributed by atoms with Crippen LogP contribution < -0.4 is 0 Å². The topological polar surface area (TPSA) is 74.3 Å². The Morgan fingerprint density at radius 1 is 0.596 bits per heavy atom. The molecule has 4 atom stereocenters. The first-order valence-corrected chi connectivity index (χ1v) is 22.6. The molecule has 0 N–H and O–H groups in total. The molecule has 0 radical (unpaired) electrons. The van der Waals surface area contributed by atoms with Crippen molar-refractivity contribution in [2.24, 2.45) is 11.8 Å². The number of carbonyl (C=O) groups excluding carboxylic acids is 2. The number of nitrogens with zero attached hydrogens (tertiary/aromatic N) is 1. The fourth-order valence-corrected chi connectivity index (χ4v) is 7.70. The standard InChI is InChI=1S/C45H87NO6/c1-6-9-11-13-15-17-19-21-23-25-27-29-35-49-38-41(50-36-30-28-26-24-22-20-18-16-14-12-10-7-2)39-51-45(48)37-40-31-32-43(42(40)8-3)52-44(47)33-34-46(4)5/h40-43H,6-39H2,1-5H3. The number of hydrogen-bond acceptors (Lipinski definition) is 7. The molecule has 1 aliphatic rings. The summed E-state index contributed by atoms with van der Waals surface area (Å²) >= 11 is 0. The van der Waals surface area contributed by atoms with Crippen molar-refractivity contribution in [1.29, 1.82) is 0 Å². The van der Waals surface area contributed by atoms with E-state index in [0.29, 0.717) is 32.6 Å². The second kappa shape index (κ2) is 35.5. The quantitative estimate of drug-likeness (QED) is 0.0461. The molecule has 52 heavy (non-hydrogen) atoms. The van der Waals surface area contributed by atoms with E-state index < -0.39 is 0 Å². The average Bonchev–Trinajstić information content (AvgIpc) is 3.51. The monoisotopic (exact) mass is 738 g/mol. The van der Waals surface area contributed by atoms with Crippen molar-refractivity contribution in [1.82, 2.24) is 4.90 Å². The number of hydrogen-bond donors (Lipinski definition) is 0. The normalized spacial score (nSPS) is 17.9. The molecule has 0 aromatic carbocycles.